The summed E-state index contributed by atoms with van der Waals surface area (Å²) >= 11 is 5.94. The Morgan fingerprint density at radius 3 is 2.79 bits per heavy atom. The highest BCUT2D eigenvalue weighted by Crippen LogP contribution is 2.26. The zero-order valence-electron chi connectivity index (χ0n) is 16.0. The lowest BCUT2D eigenvalue weighted by Crippen LogP contribution is -2.35. The number of halogens is 1. The van der Waals surface area contributed by atoms with Gasteiger partial charge in [0.1, 0.15) is 5.82 Å². The standard InChI is InChI=1S/C23H24ClN3O/c1-16-5-4-12-27(15-16)22-13-20(19-6-2-3-7-21(19)26-22)23(28)25-14-17-8-10-18(24)11-9-17/h2-3,6-11,13,16H,4-5,12,14-15H2,1H3,(H,25,28)/t16-/m1/s1. The van der Waals surface area contributed by atoms with E-state index in [1.807, 2.05) is 54.6 Å². The number of nitrogens with one attached hydrogen (secondary N) is 1. The van der Waals surface area contributed by atoms with Crippen molar-refractivity contribution in [1.29, 1.82) is 0 Å². The Kier molecular flexibility index (Phi) is 5.49. The Balaban J connectivity index is 1.62. The molecule has 0 aliphatic carbocycles. The van der Waals surface area contributed by atoms with E-state index in [9.17, 15) is 4.79 Å². The Hall–Kier alpha value is -2.59. The quantitative estimate of drug-likeness (QED) is 0.674. The molecule has 0 spiro atoms. The van der Waals surface area contributed by atoms with Crippen LogP contribution in [0.1, 0.15) is 35.7 Å². The molecule has 1 atom stereocenters. The van der Waals surface area contributed by atoms with Crippen LogP contribution in [0.4, 0.5) is 5.82 Å². The van der Waals surface area contributed by atoms with Gasteiger partial charge >= 0.3 is 0 Å². The van der Waals surface area contributed by atoms with Crippen molar-refractivity contribution in [3.8, 4) is 0 Å². The van der Waals surface area contributed by atoms with Gasteiger partial charge in [-0.25, -0.2) is 4.98 Å². The number of carbonyl (C=O) groups excluding carboxylic acids is 1. The maximum Gasteiger partial charge on any atom is 0.252 e. The maximum absolute atomic E-state index is 13.0. The molecule has 1 amide bonds. The van der Waals surface area contributed by atoms with Crippen LogP contribution in [0.25, 0.3) is 10.9 Å². The van der Waals surface area contributed by atoms with Gasteiger partial charge < -0.3 is 10.2 Å². The molecule has 1 fully saturated rings. The van der Waals surface area contributed by atoms with Crippen molar-refractivity contribution in [2.45, 2.75) is 26.3 Å². The molecule has 1 aromatic heterocycles. The predicted octanol–water partition coefficient (Wildman–Crippen LogP) is 5.05. The number of benzene rings is 2. The first-order valence-electron chi connectivity index (χ1n) is 9.77. The minimum Gasteiger partial charge on any atom is -0.356 e. The fourth-order valence-corrected chi connectivity index (χ4v) is 3.91. The van der Waals surface area contributed by atoms with Gasteiger partial charge in [-0.2, -0.15) is 0 Å². The van der Waals surface area contributed by atoms with Gasteiger partial charge in [0, 0.05) is 30.0 Å². The summed E-state index contributed by atoms with van der Waals surface area (Å²) in [5.41, 5.74) is 2.55. The number of anilines is 1. The number of amides is 1. The van der Waals surface area contributed by atoms with Crippen LogP contribution in [0.2, 0.25) is 5.02 Å². The highest BCUT2D eigenvalue weighted by atomic mass is 35.5. The van der Waals surface area contributed by atoms with Crippen molar-refractivity contribution < 1.29 is 4.79 Å². The number of rotatable bonds is 4. The van der Waals surface area contributed by atoms with Gasteiger partial charge in [0.2, 0.25) is 0 Å². The molecule has 1 saturated heterocycles. The molecule has 1 aliphatic heterocycles. The van der Waals surface area contributed by atoms with Crippen LogP contribution in [0, 0.1) is 5.92 Å². The van der Waals surface area contributed by atoms with Crippen LogP contribution in [-0.4, -0.2) is 24.0 Å². The normalized spacial score (nSPS) is 16.9. The Morgan fingerprint density at radius 1 is 1.21 bits per heavy atom. The summed E-state index contributed by atoms with van der Waals surface area (Å²) in [5.74, 6) is 1.45. The average Bonchev–Trinajstić information content (AvgIpc) is 2.72. The molecule has 2 aromatic carbocycles. The summed E-state index contributed by atoms with van der Waals surface area (Å²) in [6, 6.07) is 17.3. The smallest absolute Gasteiger partial charge is 0.252 e. The zero-order chi connectivity index (χ0) is 19.5. The van der Waals surface area contributed by atoms with Gasteiger partial charge in [0.25, 0.3) is 5.91 Å². The van der Waals surface area contributed by atoms with E-state index in [-0.39, 0.29) is 5.91 Å². The number of para-hydroxylation sites is 1. The summed E-state index contributed by atoms with van der Waals surface area (Å²) in [6.07, 6.45) is 2.41. The van der Waals surface area contributed by atoms with E-state index < -0.39 is 0 Å². The molecule has 5 heteroatoms. The summed E-state index contributed by atoms with van der Waals surface area (Å²) < 4.78 is 0. The molecule has 4 rings (SSSR count). The molecule has 0 unspecified atom stereocenters. The first-order valence-corrected chi connectivity index (χ1v) is 10.2. The van der Waals surface area contributed by atoms with Gasteiger partial charge in [-0.15, -0.1) is 0 Å². The molecular weight excluding hydrogens is 370 g/mol. The number of pyridine rings is 1. The number of nitrogens with zero attached hydrogens (tertiary/aromatic N) is 2. The number of piperidine rings is 1. The van der Waals surface area contributed by atoms with Gasteiger partial charge in [0.15, 0.2) is 0 Å². The van der Waals surface area contributed by atoms with E-state index >= 15 is 0 Å². The van der Waals surface area contributed by atoms with Gasteiger partial charge in [-0.3, -0.25) is 4.79 Å². The van der Waals surface area contributed by atoms with Crippen LogP contribution < -0.4 is 10.2 Å². The van der Waals surface area contributed by atoms with Crippen LogP contribution in [0.5, 0.6) is 0 Å². The van der Waals surface area contributed by atoms with Crippen LogP contribution >= 0.6 is 11.6 Å². The lowest BCUT2D eigenvalue weighted by Gasteiger charge is -2.32. The second kappa shape index (κ2) is 8.19. The highest BCUT2D eigenvalue weighted by Gasteiger charge is 2.20. The van der Waals surface area contributed by atoms with Crippen molar-refractivity contribution in [1.82, 2.24) is 10.3 Å². The molecule has 0 saturated carbocycles. The van der Waals surface area contributed by atoms with E-state index in [2.05, 4.69) is 17.1 Å². The van der Waals surface area contributed by atoms with Crippen LogP contribution in [-0.2, 0) is 6.54 Å². The minimum atomic E-state index is -0.0835. The van der Waals surface area contributed by atoms with E-state index in [1.54, 1.807) is 0 Å². The highest BCUT2D eigenvalue weighted by molar-refractivity contribution is 6.30. The SMILES string of the molecule is C[C@@H]1CCCN(c2cc(C(=O)NCc3ccc(Cl)cc3)c3ccccc3n2)C1. The molecule has 1 N–H and O–H groups in total. The predicted molar refractivity (Wildman–Crippen MR) is 115 cm³/mol. The third kappa shape index (κ3) is 4.12. The number of carbonyl (C=O) groups is 1. The summed E-state index contributed by atoms with van der Waals surface area (Å²) in [5, 5.41) is 4.61. The molecule has 28 heavy (non-hydrogen) atoms. The molecule has 2 heterocycles. The molecule has 3 aromatic rings. The molecule has 0 radical (unpaired) electrons. The van der Waals surface area contributed by atoms with E-state index in [1.165, 1.54) is 6.42 Å². The Morgan fingerprint density at radius 2 is 2.00 bits per heavy atom. The molecule has 4 nitrogen and oxygen atoms in total. The van der Waals surface area contributed by atoms with Crippen molar-refractivity contribution in [2.75, 3.05) is 18.0 Å². The number of hydrogen-bond donors (Lipinski definition) is 1. The van der Waals surface area contributed by atoms with Gasteiger partial charge in [-0.05, 0) is 48.6 Å². The fourth-order valence-electron chi connectivity index (χ4n) is 3.79. The first-order chi connectivity index (χ1) is 13.6. The minimum absolute atomic E-state index is 0.0835. The number of hydrogen-bond acceptors (Lipinski definition) is 3. The third-order valence-corrected chi connectivity index (χ3v) is 5.55. The topological polar surface area (TPSA) is 45.2 Å². The van der Waals surface area contributed by atoms with Crippen LogP contribution in [0.3, 0.4) is 0 Å². The summed E-state index contributed by atoms with van der Waals surface area (Å²) in [7, 11) is 0. The van der Waals surface area contributed by atoms with E-state index in [0.717, 1.165) is 41.8 Å². The lowest BCUT2D eigenvalue weighted by atomic mass is 10.00. The number of fused-ring (bicyclic) bond motifs is 1. The Labute approximate surface area is 170 Å². The maximum atomic E-state index is 13.0. The molecule has 144 valence electrons. The first kappa shape index (κ1) is 18.8. The van der Waals surface area contributed by atoms with Gasteiger partial charge in [-0.1, -0.05) is 48.9 Å². The molecular formula is C23H24ClN3O. The third-order valence-electron chi connectivity index (χ3n) is 5.29. The monoisotopic (exact) mass is 393 g/mol. The molecule has 0 bridgehead atoms. The van der Waals surface area contributed by atoms with Crippen molar-refractivity contribution >= 4 is 34.2 Å². The number of aromatic nitrogens is 1. The fraction of sp³-hybridized carbons (Fsp3) is 0.304. The summed E-state index contributed by atoms with van der Waals surface area (Å²) in [6.45, 7) is 4.70. The van der Waals surface area contributed by atoms with Crippen molar-refractivity contribution in [3.63, 3.8) is 0 Å². The second-order valence-corrected chi connectivity index (χ2v) is 7.98. The van der Waals surface area contributed by atoms with Crippen molar-refractivity contribution in [2.24, 2.45) is 5.92 Å². The van der Waals surface area contributed by atoms with Crippen molar-refractivity contribution in [3.05, 3.63) is 70.7 Å². The molecule has 1 aliphatic rings. The Bertz CT molecular complexity index is 987. The van der Waals surface area contributed by atoms with Crippen LogP contribution in [0.15, 0.2) is 54.6 Å². The van der Waals surface area contributed by atoms with E-state index in [0.29, 0.717) is 23.0 Å². The second-order valence-electron chi connectivity index (χ2n) is 7.55. The summed E-state index contributed by atoms with van der Waals surface area (Å²) in [4.78, 5) is 20.2. The van der Waals surface area contributed by atoms with Gasteiger partial charge in [0.05, 0.1) is 11.1 Å². The largest absolute Gasteiger partial charge is 0.356 e. The average molecular weight is 394 g/mol. The van der Waals surface area contributed by atoms with E-state index in [4.69, 9.17) is 16.6 Å². The zero-order valence-corrected chi connectivity index (χ0v) is 16.7. The lowest BCUT2D eigenvalue weighted by molar-refractivity contribution is 0.0952.